The number of carbonyl (C=O) groups excluding carboxylic acids is 3. The number of carboxylic acid groups (broad SMARTS) is 1. The van der Waals surface area contributed by atoms with Gasteiger partial charge in [0.15, 0.2) is 5.96 Å². The Hall–Kier alpha value is -3.87. The van der Waals surface area contributed by atoms with Crippen LogP contribution in [0.1, 0.15) is 31.2 Å². The molecule has 1 aromatic rings. The highest BCUT2D eigenvalue weighted by Gasteiger charge is 2.38. The Morgan fingerprint density at radius 3 is 2.40 bits per heavy atom. The molecule has 1 heterocycles. The minimum absolute atomic E-state index is 0.0604. The van der Waals surface area contributed by atoms with Crippen molar-refractivity contribution in [2.75, 3.05) is 19.6 Å². The molecule has 1 aliphatic rings. The number of nitrogens with one attached hydrogen (secondary N) is 2. The smallest absolute Gasteiger partial charge is 0.326 e. The number of guanidine groups is 1. The van der Waals surface area contributed by atoms with E-state index in [9.17, 15) is 29.4 Å². The summed E-state index contributed by atoms with van der Waals surface area (Å²) in [5.41, 5.74) is 16.6. The molecule has 10 N–H and O–H groups in total. The van der Waals surface area contributed by atoms with E-state index in [1.807, 2.05) is 0 Å². The zero-order chi connectivity index (χ0) is 26.0. The zero-order valence-electron chi connectivity index (χ0n) is 19.4. The maximum Gasteiger partial charge on any atom is 0.326 e. The van der Waals surface area contributed by atoms with Crippen LogP contribution in [0.5, 0.6) is 5.75 Å². The molecule has 0 aliphatic carbocycles. The van der Waals surface area contributed by atoms with Crippen molar-refractivity contribution in [2.24, 2.45) is 22.2 Å². The number of nitrogens with two attached hydrogens (primary N) is 3. The molecule has 3 unspecified atom stereocenters. The highest BCUT2D eigenvalue weighted by atomic mass is 16.4. The van der Waals surface area contributed by atoms with E-state index in [2.05, 4.69) is 15.6 Å². The van der Waals surface area contributed by atoms with Crippen molar-refractivity contribution in [1.82, 2.24) is 15.5 Å². The van der Waals surface area contributed by atoms with Crippen molar-refractivity contribution in [3.8, 4) is 5.75 Å². The van der Waals surface area contributed by atoms with E-state index in [-0.39, 0.29) is 44.2 Å². The van der Waals surface area contributed by atoms with E-state index in [4.69, 9.17) is 17.2 Å². The fourth-order valence-electron chi connectivity index (χ4n) is 3.85. The van der Waals surface area contributed by atoms with Gasteiger partial charge in [-0.2, -0.15) is 0 Å². The lowest BCUT2D eigenvalue weighted by Gasteiger charge is -2.29. The first kappa shape index (κ1) is 27.4. The molecule has 0 saturated carbocycles. The van der Waals surface area contributed by atoms with Crippen LogP contribution in [0.4, 0.5) is 0 Å². The number of amides is 3. The third-order valence-electron chi connectivity index (χ3n) is 5.59. The second-order valence-electron chi connectivity index (χ2n) is 8.23. The molecule has 13 nitrogen and oxygen atoms in total. The maximum absolute atomic E-state index is 13.4. The molecule has 0 aromatic heterocycles. The van der Waals surface area contributed by atoms with Crippen molar-refractivity contribution in [2.45, 2.75) is 50.2 Å². The number of aromatic hydroxyl groups is 1. The predicted octanol–water partition coefficient (Wildman–Crippen LogP) is -2.01. The molecule has 2 rings (SSSR count). The van der Waals surface area contributed by atoms with E-state index in [1.165, 1.54) is 17.0 Å². The SMILES string of the molecule is NCC(=O)NC(Cc1ccc(O)cc1)C(=O)N1CCCC1C(=O)NC(CCCN=C(N)N)C(=O)O. The van der Waals surface area contributed by atoms with Crippen molar-refractivity contribution in [3.63, 3.8) is 0 Å². The normalized spacial score (nSPS) is 16.7. The third-order valence-corrected chi connectivity index (χ3v) is 5.59. The van der Waals surface area contributed by atoms with Crippen LogP contribution in [-0.4, -0.2) is 82.5 Å². The van der Waals surface area contributed by atoms with Gasteiger partial charge in [0.25, 0.3) is 0 Å². The van der Waals surface area contributed by atoms with Gasteiger partial charge in [0.05, 0.1) is 6.54 Å². The molecule has 3 amide bonds. The zero-order valence-corrected chi connectivity index (χ0v) is 19.4. The Morgan fingerprint density at radius 2 is 1.80 bits per heavy atom. The number of hydrogen-bond donors (Lipinski definition) is 7. The summed E-state index contributed by atoms with van der Waals surface area (Å²) in [6, 6.07) is 3.15. The predicted molar refractivity (Wildman–Crippen MR) is 127 cm³/mol. The average Bonchev–Trinajstić information content (AvgIpc) is 3.31. The van der Waals surface area contributed by atoms with E-state index in [0.717, 1.165) is 0 Å². The van der Waals surface area contributed by atoms with Gasteiger partial charge in [0.2, 0.25) is 17.7 Å². The topological polar surface area (TPSA) is 226 Å². The van der Waals surface area contributed by atoms with Crippen molar-refractivity contribution in [3.05, 3.63) is 29.8 Å². The first-order valence-corrected chi connectivity index (χ1v) is 11.3. The number of phenols is 1. The van der Waals surface area contributed by atoms with Crippen molar-refractivity contribution < 1.29 is 29.4 Å². The van der Waals surface area contributed by atoms with Gasteiger partial charge in [0.1, 0.15) is 23.9 Å². The van der Waals surface area contributed by atoms with Gasteiger partial charge in [0, 0.05) is 19.5 Å². The fraction of sp³-hybridized carbons (Fsp3) is 0.500. The van der Waals surface area contributed by atoms with Crippen LogP contribution in [0, 0.1) is 0 Å². The second-order valence-corrected chi connectivity index (χ2v) is 8.23. The minimum atomic E-state index is -1.21. The molecular weight excluding hydrogens is 458 g/mol. The molecular formula is C22H33N7O6. The first-order chi connectivity index (χ1) is 16.6. The number of likely N-dealkylation sites (tertiary alicyclic amines) is 1. The summed E-state index contributed by atoms with van der Waals surface area (Å²) in [7, 11) is 0. The quantitative estimate of drug-likeness (QED) is 0.0972. The lowest BCUT2D eigenvalue weighted by atomic mass is 10.0. The van der Waals surface area contributed by atoms with Gasteiger partial charge in [-0.15, -0.1) is 0 Å². The lowest BCUT2D eigenvalue weighted by molar-refractivity contribution is -0.145. The average molecular weight is 492 g/mol. The molecule has 35 heavy (non-hydrogen) atoms. The second kappa shape index (κ2) is 13.1. The van der Waals surface area contributed by atoms with Gasteiger partial charge in [-0.25, -0.2) is 4.79 Å². The molecule has 3 atom stereocenters. The molecule has 192 valence electrons. The fourth-order valence-corrected chi connectivity index (χ4v) is 3.85. The van der Waals surface area contributed by atoms with Gasteiger partial charge in [-0.1, -0.05) is 12.1 Å². The minimum Gasteiger partial charge on any atom is -0.508 e. The Morgan fingerprint density at radius 1 is 1.11 bits per heavy atom. The van der Waals surface area contributed by atoms with Gasteiger partial charge in [-0.05, 0) is 43.4 Å². The number of phenolic OH excluding ortho intramolecular Hbond substituents is 1. The summed E-state index contributed by atoms with van der Waals surface area (Å²) in [4.78, 5) is 55.1. The number of carbonyl (C=O) groups is 4. The van der Waals surface area contributed by atoms with Crippen LogP contribution >= 0.6 is 0 Å². The number of hydrogen-bond acceptors (Lipinski definition) is 7. The largest absolute Gasteiger partial charge is 0.508 e. The number of benzene rings is 1. The Bertz CT molecular complexity index is 933. The number of nitrogens with zero attached hydrogens (tertiary/aromatic N) is 2. The Balaban J connectivity index is 2.11. The number of aliphatic imine (C=N–C) groups is 1. The van der Waals surface area contributed by atoms with Crippen LogP contribution in [0.25, 0.3) is 0 Å². The highest BCUT2D eigenvalue weighted by molar-refractivity contribution is 5.94. The molecule has 1 aliphatic heterocycles. The maximum atomic E-state index is 13.4. The third kappa shape index (κ3) is 8.45. The van der Waals surface area contributed by atoms with Crippen LogP contribution < -0.4 is 27.8 Å². The Kier molecular flexibility index (Phi) is 10.3. The van der Waals surface area contributed by atoms with E-state index < -0.39 is 41.8 Å². The summed E-state index contributed by atoms with van der Waals surface area (Å²) in [6.45, 7) is 0.183. The molecule has 13 heteroatoms. The van der Waals surface area contributed by atoms with Gasteiger partial charge >= 0.3 is 5.97 Å². The van der Waals surface area contributed by atoms with E-state index >= 15 is 0 Å². The standard InChI is InChI=1S/C22H33N7O6/c23-12-18(31)27-16(11-13-5-7-14(30)8-6-13)20(33)29-10-2-4-17(29)19(32)28-15(21(34)35)3-1-9-26-22(24)25/h5-8,15-17,30H,1-4,9-12,23H2,(H,27,31)(H,28,32)(H,34,35)(H4,24,25,26). The molecule has 0 spiro atoms. The van der Waals surface area contributed by atoms with Crippen molar-refractivity contribution >= 4 is 29.7 Å². The van der Waals surface area contributed by atoms with Gasteiger partial charge < -0.3 is 42.9 Å². The summed E-state index contributed by atoms with van der Waals surface area (Å²) in [5.74, 6) is -2.85. The molecule has 1 saturated heterocycles. The van der Waals surface area contributed by atoms with Crippen LogP contribution in [0.2, 0.25) is 0 Å². The summed E-state index contributed by atoms with van der Waals surface area (Å²) < 4.78 is 0. The molecule has 1 fully saturated rings. The van der Waals surface area contributed by atoms with Crippen LogP contribution in [-0.2, 0) is 25.6 Å². The summed E-state index contributed by atoms with van der Waals surface area (Å²) in [5, 5.41) is 24.1. The van der Waals surface area contributed by atoms with Crippen molar-refractivity contribution in [1.29, 1.82) is 0 Å². The summed E-state index contributed by atoms with van der Waals surface area (Å²) >= 11 is 0. The number of aliphatic carboxylic acids is 1. The lowest BCUT2D eigenvalue weighted by Crippen LogP contribution is -2.56. The first-order valence-electron chi connectivity index (χ1n) is 11.3. The molecule has 1 aromatic carbocycles. The van der Waals surface area contributed by atoms with E-state index in [1.54, 1.807) is 12.1 Å². The molecule has 0 radical (unpaired) electrons. The highest BCUT2D eigenvalue weighted by Crippen LogP contribution is 2.21. The van der Waals surface area contributed by atoms with E-state index in [0.29, 0.717) is 24.8 Å². The van der Waals surface area contributed by atoms with Crippen LogP contribution in [0.3, 0.4) is 0 Å². The molecule has 0 bridgehead atoms. The monoisotopic (exact) mass is 491 g/mol. The number of carboxylic acids is 1. The van der Waals surface area contributed by atoms with Gasteiger partial charge in [-0.3, -0.25) is 19.4 Å². The van der Waals surface area contributed by atoms with Crippen LogP contribution in [0.15, 0.2) is 29.3 Å². The summed E-state index contributed by atoms with van der Waals surface area (Å²) in [6.07, 6.45) is 1.46. The number of rotatable bonds is 12. The Labute approximate surface area is 202 Å².